The molecule has 0 atom stereocenters. The molecular formula is C14H23N3. The Morgan fingerprint density at radius 1 is 1.47 bits per heavy atom. The van der Waals surface area contributed by atoms with Gasteiger partial charge in [-0.25, -0.2) is 0 Å². The summed E-state index contributed by atoms with van der Waals surface area (Å²) in [4.78, 5) is 6.86. The number of hydrogen-bond donors (Lipinski definition) is 1. The van der Waals surface area contributed by atoms with Gasteiger partial charge in [-0.2, -0.15) is 0 Å². The Kier molecular flexibility index (Phi) is 4.51. The Morgan fingerprint density at radius 2 is 2.29 bits per heavy atom. The van der Waals surface area contributed by atoms with E-state index in [-0.39, 0.29) is 0 Å². The highest BCUT2D eigenvalue weighted by Crippen LogP contribution is 2.27. The smallest absolute Gasteiger partial charge is 0.0584 e. The molecule has 0 aliphatic heterocycles. The Labute approximate surface area is 104 Å². The molecule has 17 heavy (non-hydrogen) atoms. The second-order valence-electron chi connectivity index (χ2n) is 4.94. The third-order valence-electron chi connectivity index (χ3n) is 3.76. The number of rotatable bonds is 6. The first-order chi connectivity index (χ1) is 8.33. The van der Waals surface area contributed by atoms with Crippen molar-refractivity contribution in [3.63, 3.8) is 0 Å². The van der Waals surface area contributed by atoms with Gasteiger partial charge < -0.3 is 5.73 Å². The molecule has 0 aromatic carbocycles. The van der Waals surface area contributed by atoms with Gasteiger partial charge >= 0.3 is 0 Å². The first kappa shape index (κ1) is 12.5. The lowest BCUT2D eigenvalue weighted by Gasteiger charge is -2.32. The minimum absolute atomic E-state index is 0.539. The summed E-state index contributed by atoms with van der Waals surface area (Å²) in [7, 11) is 0. The number of nitrogens with zero attached hydrogens (tertiary/aromatic N) is 2. The standard InChI is InChI=1S/C14H23N3/c1-2-17(10-12-5-3-6-12)11-13-7-4-8-16-14(13)9-15/h4,7-8,12H,2-3,5-6,9-11,15H2,1H3. The summed E-state index contributed by atoms with van der Waals surface area (Å²) in [5.41, 5.74) is 8.05. The lowest BCUT2D eigenvalue weighted by molar-refractivity contribution is 0.177. The minimum Gasteiger partial charge on any atom is -0.325 e. The van der Waals surface area contributed by atoms with Gasteiger partial charge in [0.15, 0.2) is 0 Å². The van der Waals surface area contributed by atoms with Crippen molar-refractivity contribution in [2.75, 3.05) is 13.1 Å². The molecule has 3 heteroatoms. The van der Waals surface area contributed by atoms with Crippen LogP contribution >= 0.6 is 0 Å². The molecule has 3 nitrogen and oxygen atoms in total. The van der Waals surface area contributed by atoms with Crippen molar-refractivity contribution in [1.82, 2.24) is 9.88 Å². The van der Waals surface area contributed by atoms with E-state index in [1.807, 2.05) is 12.3 Å². The third-order valence-corrected chi connectivity index (χ3v) is 3.76. The average molecular weight is 233 g/mol. The van der Waals surface area contributed by atoms with Crippen LogP contribution in [0.15, 0.2) is 18.3 Å². The van der Waals surface area contributed by atoms with Crippen LogP contribution in [0.2, 0.25) is 0 Å². The van der Waals surface area contributed by atoms with E-state index >= 15 is 0 Å². The maximum atomic E-state index is 5.73. The summed E-state index contributed by atoms with van der Waals surface area (Å²) in [5.74, 6) is 0.924. The SMILES string of the molecule is CCN(Cc1cccnc1CN)CC1CCC1. The molecule has 1 aromatic heterocycles. The molecule has 0 spiro atoms. The van der Waals surface area contributed by atoms with Crippen LogP contribution in [-0.2, 0) is 13.1 Å². The van der Waals surface area contributed by atoms with Gasteiger partial charge in [-0.15, -0.1) is 0 Å². The maximum absolute atomic E-state index is 5.73. The van der Waals surface area contributed by atoms with Gasteiger partial charge in [0, 0.05) is 25.8 Å². The van der Waals surface area contributed by atoms with E-state index in [1.165, 1.54) is 31.4 Å². The van der Waals surface area contributed by atoms with E-state index in [9.17, 15) is 0 Å². The molecule has 1 aliphatic carbocycles. The fourth-order valence-corrected chi connectivity index (χ4v) is 2.39. The topological polar surface area (TPSA) is 42.2 Å². The van der Waals surface area contributed by atoms with Crippen LogP contribution in [0.25, 0.3) is 0 Å². The second kappa shape index (κ2) is 6.12. The molecule has 0 bridgehead atoms. The Morgan fingerprint density at radius 3 is 2.88 bits per heavy atom. The van der Waals surface area contributed by atoms with E-state index in [4.69, 9.17) is 5.73 Å². The van der Waals surface area contributed by atoms with Gasteiger partial charge in [0.05, 0.1) is 5.69 Å². The summed E-state index contributed by atoms with van der Waals surface area (Å²) >= 11 is 0. The van der Waals surface area contributed by atoms with Crippen molar-refractivity contribution in [3.8, 4) is 0 Å². The van der Waals surface area contributed by atoms with E-state index in [0.29, 0.717) is 6.54 Å². The molecule has 1 saturated carbocycles. The van der Waals surface area contributed by atoms with Crippen LogP contribution in [0.3, 0.4) is 0 Å². The Hall–Kier alpha value is -0.930. The van der Waals surface area contributed by atoms with Gasteiger partial charge in [0.25, 0.3) is 0 Å². The highest BCUT2D eigenvalue weighted by Gasteiger charge is 2.20. The number of hydrogen-bond acceptors (Lipinski definition) is 3. The summed E-state index contributed by atoms with van der Waals surface area (Å²) in [5, 5.41) is 0. The van der Waals surface area contributed by atoms with Crippen LogP contribution < -0.4 is 5.73 Å². The molecule has 1 aliphatic rings. The van der Waals surface area contributed by atoms with Gasteiger partial charge in [0.1, 0.15) is 0 Å². The van der Waals surface area contributed by atoms with Crippen LogP contribution in [0.1, 0.15) is 37.4 Å². The molecule has 0 saturated heterocycles. The Bertz CT molecular complexity index is 347. The largest absolute Gasteiger partial charge is 0.325 e. The molecule has 2 N–H and O–H groups in total. The van der Waals surface area contributed by atoms with E-state index < -0.39 is 0 Å². The molecule has 0 radical (unpaired) electrons. The zero-order valence-electron chi connectivity index (χ0n) is 10.7. The molecule has 0 unspecified atom stereocenters. The van der Waals surface area contributed by atoms with Gasteiger partial charge in [0.2, 0.25) is 0 Å². The third kappa shape index (κ3) is 3.27. The minimum atomic E-state index is 0.539. The molecule has 2 rings (SSSR count). The van der Waals surface area contributed by atoms with Gasteiger partial charge in [-0.05, 0) is 36.9 Å². The van der Waals surface area contributed by atoms with Crippen molar-refractivity contribution >= 4 is 0 Å². The number of aromatic nitrogens is 1. The summed E-state index contributed by atoms with van der Waals surface area (Å²) in [6.07, 6.45) is 6.07. The molecule has 1 aromatic rings. The summed E-state index contributed by atoms with van der Waals surface area (Å²) in [6.45, 7) is 6.10. The van der Waals surface area contributed by atoms with Crippen molar-refractivity contribution in [2.45, 2.75) is 39.3 Å². The monoisotopic (exact) mass is 233 g/mol. The fourth-order valence-electron chi connectivity index (χ4n) is 2.39. The Balaban J connectivity index is 1.96. The van der Waals surface area contributed by atoms with Crippen molar-refractivity contribution in [2.24, 2.45) is 11.7 Å². The van der Waals surface area contributed by atoms with Crippen molar-refractivity contribution < 1.29 is 0 Å². The van der Waals surface area contributed by atoms with Gasteiger partial charge in [-0.1, -0.05) is 19.4 Å². The zero-order chi connectivity index (χ0) is 12.1. The summed E-state index contributed by atoms with van der Waals surface area (Å²) < 4.78 is 0. The molecule has 94 valence electrons. The van der Waals surface area contributed by atoms with Gasteiger partial charge in [-0.3, -0.25) is 9.88 Å². The maximum Gasteiger partial charge on any atom is 0.0584 e. The number of nitrogens with two attached hydrogens (primary N) is 1. The molecule has 1 heterocycles. The average Bonchev–Trinajstić information content (AvgIpc) is 2.32. The summed E-state index contributed by atoms with van der Waals surface area (Å²) in [6, 6.07) is 4.16. The van der Waals surface area contributed by atoms with E-state index in [2.05, 4.69) is 22.9 Å². The first-order valence-electron chi connectivity index (χ1n) is 6.68. The van der Waals surface area contributed by atoms with Crippen LogP contribution in [0, 0.1) is 5.92 Å². The van der Waals surface area contributed by atoms with E-state index in [0.717, 1.165) is 24.7 Å². The quantitative estimate of drug-likeness (QED) is 0.818. The fraction of sp³-hybridized carbons (Fsp3) is 0.643. The lowest BCUT2D eigenvalue weighted by atomic mass is 9.85. The molecule has 1 fully saturated rings. The predicted molar refractivity (Wildman–Crippen MR) is 70.4 cm³/mol. The van der Waals surface area contributed by atoms with Crippen LogP contribution in [0.4, 0.5) is 0 Å². The lowest BCUT2D eigenvalue weighted by Crippen LogP contribution is -2.32. The molecule has 0 amide bonds. The van der Waals surface area contributed by atoms with E-state index in [1.54, 1.807) is 0 Å². The van der Waals surface area contributed by atoms with Crippen LogP contribution in [0.5, 0.6) is 0 Å². The zero-order valence-corrected chi connectivity index (χ0v) is 10.7. The predicted octanol–water partition coefficient (Wildman–Crippen LogP) is 2.16. The first-order valence-corrected chi connectivity index (χ1v) is 6.68. The normalized spacial score (nSPS) is 16.2. The van der Waals surface area contributed by atoms with Crippen molar-refractivity contribution in [1.29, 1.82) is 0 Å². The highest BCUT2D eigenvalue weighted by molar-refractivity contribution is 5.19. The van der Waals surface area contributed by atoms with Crippen molar-refractivity contribution in [3.05, 3.63) is 29.6 Å². The second-order valence-corrected chi connectivity index (χ2v) is 4.94. The molecular weight excluding hydrogens is 210 g/mol. The number of pyridine rings is 1. The highest BCUT2D eigenvalue weighted by atomic mass is 15.1. The van der Waals surface area contributed by atoms with Crippen LogP contribution in [-0.4, -0.2) is 23.0 Å².